The van der Waals surface area contributed by atoms with E-state index in [1.54, 1.807) is 31.4 Å². The highest BCUT2D eigenvalue weighted by molar-refractivity contribution is 14.1. The second-order valence-electron chi connectivity index (χ2n) is 18.6. The predicted molar refractivity (Wildman–Crippen MR) is 239 cm³/mol. The molecule has 0 aliphatic carbocycles. The summed E-state index contributed by atoms with van der Waals surface area (Å²) >= 11 is 2.19. The molecule has 0 N–H and O–H groups in total. The molecule has 3 rings (SSSR count). The van der Waals surface area contributed by atoms with E-state index in [-0.39, 0.29) is 57.8 Å². The Labute approximate surface area is 354 Å². The number of carbonyl (C=O) groups is 1. The number of aryl methyl sites for hydroxylation is 1. The summed E-state index contributed by atoms with van der Waals surface area (Å²) in [6.45, 7) is 28.2. The molecule has 1 heterocycles. The molecule has 0 bridgehead atoms. The van der Waals surface area contributed by atoms with Gasteiger partial charge in [0.1, 0.15) is 17.6 Å². The van der Waals surface area contributed by atoms with Crippen molar-refractivity contribution in [3.8, 4) is 5.75 Å². The SMILES string of the molecule is COc1ccc(COC(/C=C/I)C(C)CC(=O)CC(C)[C@@H]2O[C@H](COS(=O)(=O)c3ccc(C)cc3)[C@H](O[Si](C)(C)C(C)(C)C)C[C@@H]2O[Si](C)(C)C(C)(C)C)cc1. The lowest BCUT2D eigenvalue weighted by Gasteiger charge is -2.50. The van der Waals surface area contributed by atoms with Gasteiger partial charge in [0.25, 0.3) is 10.1 Å². The van der Waals surface area contributed by atoms with E-state index in [1.807, 2.05) is 55.2 Å². The molecule has 1 aliphatic rings. The highest BCUT2D eigenvalue weighted by Crippen LogP contribution is 2.44. The van der Waals surface area contributed by atoms with Gasteiger partial charge in [0.15, 0.2) is 16.6 Å². The summed E-state index contributed by atoms with van der Waals surface area (Å²) in [6, 6.07) is 14.4. The Bertz CT molecular complexity index is 1680. The number of ether oxygens (including phenoxy) is 3. The van der Waals surface area contributed by atoms with Crippen LogP contribution in [0.5, 0.6) is 5.75 Å². The Morgan fingerprint density at radius 2 is 1.45 bits per heavy atom. The summed E-state index contributed by atoms with van der Waals surface area (Å²) in [5.41, 5.74) is 1.97. The topological polar surface area (TPSA) is 107 Å². The fourth-order valence-corrected chi connectivity index (χ4v) is 10.3. The molecule has 2 aromatic carbocycles. The van der Waals surface area contributed by atoms with Gasteiger partial charge in [0, 0.05) is 19.3 Å². The van der Waals surface area contributed by atoms with Crippen molar-refractivity contribution in [3.05, 3.63) is 69.8 Å². The van der Waals surface area contributed by atoms with E-state index < -0.39 is 45.1 Å². The molecular weight excluding hydrogens is 876 g/mol. The third kappa shape index (κ3) is 13.8. The lowest BCUT2D eigenvalue weighted by atomic mass is 9.86. The van der Waals surface area contributed by atoms with Crippen molar-refractivity contribution in [1.82, 2.24) is 0 Å². The van der Waals surface area contributed by atoms with Crippen LogP contribution in [-0.4, -0.2) is 75.1 Å². The molecule has 0 saturated carbocycles. The van der Waals surface area contributed by atoms with E-state index in [2.05, 4.69) is 90.3 Å². The van der Waals surface area contributed by atoms with Gasteiger partial charge >= 0.3 is 0 Å². The van der Waals surface area contributed by atoms with Crippen molar-refractivity contribution in [2.75, 3.05) is 13.7 Å². The van der Waals surface area contributed by atoms with Crippen LogP contribution in [0.3, 0.4) is 0 Å². The highest BCUT2D eigenvalue weighted by atomic mass is 127. The predicted octanol–water partition coefficient (Wildman–Crippen LogP) is 10.8. The standard InChI is InChI=1S/C43H69IO9SSi2/c1-30-15-21-36(22-16-30)54(46,47)50-29-40-38(52-55(11,12)42(4,5)6)27-39(53-56(13,14)43(7,8)9)41(51-40)32(3)26-34(45)25-31(2)37(23-24-44)49-28-33-17-19-35(48-10)20-18-33/h15-24,31-32,37-41H,25-29H2,1-14H3/b24-23+/t31?,32?,37?,38-,39+,40-,41+/m1/s1. The number of hydrogen-bond acceptors (Lipinski definition) is 9. The smallest absolute Gasteiger partial charge is 0.297 e. The Morgan fingerprint density at radius 3 is 1.96 bits per heavy atom. The lowest BCUT2D eigenvalue weighted by Crippen LogP contribution is -2.59. The van der Waals surface area contributed by atoms with Crippen molar-refractivity contribution in [2.24, 2.45) is 11.8 Å². The van der Waals surface area contributed by atoms with E-state index >= 15 is 0 Å². The van der Waals surface area contributed by atoms with Crippen molar-refractivity contribution in [3.63, 3.8) is 0 Å². The van der Waals surface area contributed by atoms with E-state index in [1.165, 1.54) is 0 Å². The zero-order chi connectivity index (χ0) is 42.3. The molecule has 1 aliphatic heterocycles. The highest BCUT2D eigenvalue weighted by Gasteiger charge is 2.50. The summed E-state index contributed by atoms with van der Waals surface area (Å²) in [6.07, 6.45) is 0.824. The molecule has 0 aromatic heterocycles. The number of rotatable bonds is 19. The monoisotopic (exact) mass is 944 g/mol. The second kappa shape index (κ2) is 20.2. The van der Waals surface area contributed by atoms with Gasteiger partial charge in [-0.1, -0.05) is 108 Å². The first kappa shape index (κ1) is 48.9. The van der Waals surface area contributed by atoms with Gasteiger partial charge in [-0.15, -0.1) is 0 Å². The first-order valence-corrected chi connectivity index (χ1v) is 28.3. The maximum absolute atomic E-state index is 13.9. The van der Waals surface area contributed by atoms with Crippen LogP contribution in [0.2, 0.25) is 36.3 Å². The minimum atomic E-state index is -4.07. The molecule has 316 valence electrons. The normalized spacial score (nSPS) is 21.8. The Balaban J connectivity index is 1.88. The molecule has 56 heavy (non-hydrogen) atoms. The Hall–Kier alpha value is -1.44. The van der Waals surface area contributed by atoms with Gasteiger partial charge in [-0.05, 0) is 95.0 Å². The number of benzene rings is 2. The van der Waals surface area contributed by atoms with Gasteiger partial charge in [-0.3, -0.25) is 8.98 Å². The summed E-state index contributed by atoms with van der Waals surface area (Å²) in [7, 11) is -7.11. The number of Topliss-reactive ketones (excluding diaryl/α,β-unsaturated/α-hetero) is 1. The summed E-state index contributed by atoms with van der Waals surface area (Å²) in [5, 5.41) is -0.172. The van der Waals surface area contributed by atoms with Crippen LogP contribution in [0.1, 0.15) is 85.8 Å². The van der Waals surface area contributed by atoms with Crippen LogP contribution in [0.4, 0.5) is 0 Å². The number of hydrogen-bond donors (Lipinski definition) is 0. The largest absolute Gasteiger partial charge is 0.497 e. The number of halogens is 1. The maximum atomic E-state index is 13.9. The van der Waals surface area contributed by atoms with E-state index in [0.717, 1.165) is 16.9 Å². The van der Waals surface area contributed by atoms with Crippen LogP contribution < -0.4 is 4.74 Å². The van der Waals surface area contributed by atoms with E-state index in [0.29, 0.717) is 19.4 Å². The first-order valence-electron chi connectivity index (χ1n) is 19.8. The van der Waals surface area contributed by atoms with Gasteiger partial charge < -0.3 is 23.1 Å². The van der Waals surface area contributed by atoms with Crippen LogP contribution in [-0.2, 0) is 44.0 Å². The first-order chi connectivity index (χ1) is 25.8. The minimum absolute atomic E-state index is 0.0685. The fraction of sp³-hybridized carbons (Fsp3) is 0.651. The van der Waals surface area contributed by atoms with Crippen LogP contribution >= 0.6 is 22.6 Å². The van der Waals surface area contributed by atoms with Crippen molar-refractivity contribution < 1.29 is 40.5 Å². The van der Waals surface area contributed by atoms with Crippen LogP contribution in [0.25, 0.3) is 0 Å². The average Bonchev–Trinajstić information content (AvgIpc) is 3.08. The van der Waals surface area contributed by atoms with E-state index in [9.17, 15) is 13.2 Å². The molecule has 0 radical (unpaired) electrons. The van der Waals surface area contributed by atoms with Gasteiger partial charge in [-0.2, -0.15) is 8.42 Å². The fourth-order valence-electron chi connectivity index (χ4n) is 6.25. The Morgan fingerprint density at radius 1 is 0.893 bits per heavy atom. The third-order valence-corrected chi connectivity index (χ3v) is 22.6. The quantitative estimate of drug-likeness (QED) is 0.0773. The maximum Gasteiger partial charge on any atom is 0.297 e. The molecule has 0 spiro atoms. The van der Waals surface area contributed by atoms with Gasteiger partial charge in [-0.25, -0.2) is 0 Å². The molecule has 2 aromatic rings. The second-order valence-corrected chi connectivity index (χ2v) is 30.5. The molecule has 9 nitrogen and oxygen atoms in total. The summed E-state index contributed by atoms with van der Waals surface area (Å²) in [5.74, 6) is 0.595. The minimum Gasteiger partial charge on any atom is -0.497 e. The van der Waals surface area contributed by atoms with Gasteiger partial charge in [0.05, 0.1) is 49.6 Å². The van der Waals surface area contributed by atoms with Gasteiger partial charge in [0.2, 0.25) is 0 Å². The summed E-state index contributed by atoms with van der Waals surface area (Å²) in [4.78, 5) is 14.0. The molecule has 1 fully saturated rings. The van der Waals surface area contributed by atoms with Crippen molar-refractivity contribution >= 4 is 55.1 Å². The van der Waals surface area contributed by atoms with Crippen LogP contribution in [0.15, 0.2) is 63.6 Å². The molecule has 1 saturated heterocycles. The number of carbonyl (C=O) groups excluding carboxylic acids is 1. The molecule has 3 unspecified atom stereocenters. The molecule has 7 atom stereocenters. The Kier molecular flexibility index (Phi) is 17.7. The zero-order valence-electron chi connectivity index (χ0n) is 36.3. The summed E-state index contributed by atoms with van der Waals surface area (Å²) < 4.78 is 67.2. The molecule has 0 amide bonds. The molecule has 13 heteroatoms. The lowest BCUT2D eigenvalue weighted by molar-refractivity contribution is -0.184. The average molecular weight is 945 g/mol. The van der Waals surface area contributed by atoms with Crippen LogP contribution in [0, 0.1) is 18.8 Å². The third-order valence-electron chi connectivity index (χ3n) is 11.9. The number of ketones is 1. The van der Waals surface area contributed by atoms with E-state index in [4.69, 9.17) is 27.2 Å². The number of methoxy groups -OCH3 is 1. The van der Waals surface area contributed by atoms with Crippen molar-refractivity contribution in [2.45, 2.75) is 160 Å². The molecular formula is C43H69IO9SSi2. The van der Waals surface area contributed by atoms with Crippen molar-refractivity contribution in [1.29, 1.82) is 0 Å². The zero-order valence-corrected chi connectivity index (χ0v) is 41.3.